The molecule has 0 saturated heterocycles. The van der Waals surface area contributed by atoms with Crippen LogP contribution in [0.5, 0.6) is 0 Å². The smallest absolute Gasteiger partial charge is 0 e. The Labute approximate surface area is 81.3 Å². The summed E-state index contributed by atoms with van der Waals surface area (Å²) in [5.74, 6) is 0. The molecule has 0 rings (SSSR count). The summed E-state index contributed by atoms with van der Waals surface area (Å²) in [4.78, 5) is 0. The average Bonchev–Trinajstić information content (AvgIpc) is 0. The summed E-state index contributed by atoms with van der Waals surface area (Å²) < 4.78 is 0. The van der Waals surface area contributed by atoms with Gasteiger partial charge in [-0.15, -0.1) is 0 Å². The zero-order valence-electron chi connectivity index (χ0n) is 1.50. The van der Waals surface area contributed by atoms with Crippen molar-refractivity contribution in [3.63, 3.8) is 0 Å². The van der Waals surface area contributed by atoms with E-state index in [4.69, 9.17) is 0 Å². The third-order valence-electron chi connectivity index (χ3n) is 0. The van der Waals surface area contributed by atoms with E-state index in [1.807, 2.05) is 0 Å². The Morgan fingerprint density at radius 2 is 0.500 bits per heavy atom. The third-order valence-corrected chi connectivity index (χ3v) is 0. The standard InChI is InChI=1S/Al.3Ti.3H. The van der Waals surface area contributed by atoms with Crippen LogP contribution in [0.3, 0.4) is 0 Å². The Kier molecular flexibility index (Phi) is 130. The Hall–Kier alpha value is 2.68. The van der Waals surface area contributed by atoms with Crippen LogP contribution in [0.25, 0.3) is 0 Å². The van der Waals surface area contributed by atoms with Gasteiger partial charge in [-0.2, -0.15) is 0 Å². The van der Waals surface area contributed by atoms with Crippen molar-refractivity contribution in [3.05, 3.63) is 0 Å². The molecule has 0 bridgehead atoms. The van der Waals surface area contributed by atoms with Crippen LogP contribution >= 0.6 is 0 Å². The van der Waals surface area contributed by atoms with Gasteiger partial charge in [0, 0.05) is 65.2 Å². The van der Waals surface area contributed by atoms with Crippen LogP contribution in [0.1, 0.15) is 0 Å². The molecule has 0 aliphatic heterocycles. The van der Waals surface area contributed by atoms with Gasteiger partial charge in [0.1, 0.15) is 0 Å². The Balaban J connectivity index is 0. The van der Waals surface area contributed by atoms with Gasteiger partial charge in [-0.05, 0) is 0 Å². The van der Waals surface area contributed by atoms with Crippen LogP contribution in [-0.4, -0.2) is 17.4 Å². The quantitative estimate of drug-likeness (QED) is 0.404. The van der Waals surface area contributed by atoms with Gasteiger partial charge in [0.05, 0.1) is 0 Å². The maximum Gasteiger partial charge on any atom is 0.187 e. The molecule has 18 valence electrons. The first-order valence-corrected chi connectivity index (χ1v) is 0. The van der Waals surface area contributed by atoms with Crippen molar-refractivity contribution in [3.8, 4) is 0 Å². The molecule has 0 aliphatic carbocycles. The van der Waals surface area contributed by atoms with E-state index in [2.05, 4.69) is 0 Å². The minimum absolute atomic E-state index is 0. The van der Waals surface area contributed by atoms with Crippen LogP contribution in [0, 0.1) is 0 Å². The summed E-state index contributed by atoms with van der Waals surface area (Å²) in [6, 6.07) is 0. The van der Waals surface area contributed by atoms with E-state index >= 15 is 0 Å². The summed E-state index contributed by atoms with van der Waals surface area (Å²) in [5.41, 5.74) is 0. The Bertz CT molecular complexity index is 3.25. The van der Waals surface area contributed by atoms with E-state index in [0.717, 1.165) is 0 Å². The summed E-state index contributed by atoms with van der Waals surface area (Å²) in [5, 5.41) is 0. The molecule has 0 nitrogen and oxygen atoms in total. The van der Waals surface area contributed by atoms with Crippen molar-refractivity contribution >= 4 is 17.4 Å². The Morgan fingerprint density at radius 1 is 0.500 bits per heavy atom. The van der Waals surface area contributed by atoms with Crippen molar-refractivity contribution in [2.45, 2.75) is 0 Å². The van der Waals surface area contributed by atoms with Gasteiger partial charge < -0.3 is 0 Å². The molecule has 0 atom stereocenters. The fourth-order valence-electron chi connectivity index (χ4n) is 0. The van der Waals surface area contributed by atoms with Gasteiger partial charge in [-0.3, -0.25) is 0 Å². The van der Waals surface area contributed by atoms with E-state index in [0.29, 0.717) is 0 Å². The maximum atomic E-state index is 0. The molecule has 4 heavy (non-hydrogen) atoms. The van der Waals surface area contributed by atoms with E-state index in [1.165, 1.54) is 0 Å². The van der Waals surface area contributed by atoms with E-state index in [1.54, 1.807) is 0 Å². The molecule has 0 radical (unpaired) electrons. The predicted molar refractivity (Wildman–Crippen MR) is 9.94 cm³/mol. The van der Waals surface area contributed by atoms with Crippen molar-refractivity contribution < 1.29 is 65.2 Å². The summed E-state index contributed by atoms with van der Waals surface area (Å²) in [6.45, 7) is 0. The summed E-state index contributed by atoms with van der Waals surface area (Å²) in [6.07, 6.45) is 0. The van der Waals surface area contributed by atoms with Crippen molar-refractivity contribution in [2.75, 3.05) is 0 Å². The van der Waals surface area contributed by atoms with E-state index in [-0.39, 0.29) is 82.5 Å². The van der Waals surface area contributed by atoms with E-state index < -0.39 is 0 Å². The van der Waals surface area contributed by atoms with Gasteiger partial charge in [-0.1, -0.05) is 0 Å². The SMILES string of the molecule is [AlH3].[Ti].[Ti].[Ti]. The van der Waals surface area contributed by atoms with Crippen molar-refractivity contribution in [1.82, 2.24) is 0 Å². The molecule has 0 fully saturated rings. The molecular formula is H3AlTi3. The normalized spacial score (nSPS) is 0. The zero-order chi connectivity index (χ0) is 0. The largest absolute Gasteiger partial charge is 0.187 e. The molecular weight excluding hydrogens is 171 g/mol. The molecule has 0 unspecified atom stereocenters. The molecule has 0 heterocycles. The monoisotopic (exact) mass is 174 g/mol. The Morgan fingerprint density at radius 3 is 0.500 bits per heavy atom. The molecule has 0 aromatic heterocycles. The minimum Gasteiger partial charge on any atom is 0 e. The zero-order valence-corrected chi connectivity index (χ0v) is 6.18. The van der Waals surface area contributed by atoms with Crippen LogP contribution < -0.4 is 0 Å². The molecule has 0 aromatic rings. The molecule has 0 saturated carbocycles. The van der Waals surface area contributed by atoms with Crippen LogP contribution in [-0.2, 0) is 65.2 Å². The van der Waals surface area contributed by atoms with Crippen LogP contribution in [0.15, 0.2) is 0 Å². The average molecular weight is 174 g/mol. The second kappa shape index (κ2) is 17.3. The van der Waals surface area contributed by atoms with Crippen molar-refractivity contribution in [1.29, 1.82) is 0 Å². The fourth-order valence-corrected chi connectivity index (χ4v) is 0. The van der Waals surface area contributed by atoms with Gasteiger partial charge in [0.15, 0.2) is 17.4 Å². The molecule has 0 N–H and O–H groups in total. The van der Waals surface area contributed by atoms with Gasteiger partial charge >= 0.3 is 0 Å². The fraction of sp³-hybridized carbons (Fsp3) is 0. The molecule has 4 heteroatoms. The number of hydrogen-bond donors (Lipinski definition) is 0. The number of rotatable bonds is 0. The van der Waals surface area contributed by atoms with Crippen LogP contribution in [0.4, 0.5) is 0 Å². The molecule has 0 spiro atoms. The topological polar surface area (TPSA) is 0 Å². The third kappa shape index (κ3) is 8.82. The number of hydrogen-bond acceptors (Lipinski definition) is 0. The minimum atomic E-state index is 0. The van der Waals surface area contributed by atoms with Gasteiger partial charge in [0.25, 0.3) is 0 Å². The second-order valence-electron chi connectivity index (χ2n) is 0. The van der Waals surface area contributed by atoms with Gasteiger partial charge in [-0.25, -0.2) is 0 Å². The predicted octanol–water partition coefficient (Wildman–Crippen LogP) is -1.19. The van der Waals surface area contributed by atoms with Crippen molar-refractivity contribution in [2.24, 2.45) is 0 Å². The first-order chi connectivity index (χ1) is 0. The first-order valence-electron chi connectivity index (χ1n) is 0. The van der Waals surface area contributed by atoms with Crippen LogP contribution in [0.2, 0.25) is 0 Å². The summed E-state index contributed by atoms with van der Waals surface area (Å²) in [7, 11) is 0. The second-order valence-corrected chi connectivity index (χ2v) is 0. The molecule has 0 aromatic carbocycles. The molecule has 0 amide bonds. The van der Waals surface area contributed by atoms with Gasteiger partial charge in [0.2, 0.25) is 0 Å². The van der Waals surface area contributed by atoms with E-state index in [9.17, 15) is 0 Å². The summed E-state index contributed by atoms with van der Waals surface area (Å²) >= 11 is 0. The maximum absolute atomic E-state index is 0. The molecule has 0 aliphatic rings. The first kappa shape index (κ1) is 30.0.